The van der Waals surface area contributed by atoms with Crippen molar-refractivity contribution in [1.82, 2.24) is 0 Å². The van der Waals surface area contributed by atoms with Crippen LogP contribution in [-0.2, 0) is 17.1 Å². The molecule has 0 heterocycles. The van der Waals surface area contributed by atoms with E-state index in [-0.39, 0.29) is 0 Å². The van der Waals surface area contributed by atoms with Crippen molar-refractivity contribution in [2.24, 2.45) is 0 Å². The van der Waals surface area contributed by atoms with E-state index in [0.29, 0.717) is 20.1 Å². The first-order valence-corrected chi connectivity index (χ1v) is 20.3. The molecule has 0 aromatic heterocycles. The van der Waals surface area contributed by atoms with E-state index in [1.807, 2.05) is 0 Å². The molecule has 0 aliphatic heterocycles. The third-order valence-electron chi connectivity index (χ3n) is 2.60. The summed E-state index contributed by atoms with van der Waals surface area (Å²) in [6, 6.07) is 0.917. The van der Waals surface area contributed by atoms with Gasteiger partial charge in [0.2, 0.25) is 0 Å². The van der Waals surface area contributed by atoms with Crippen LogP contribution >= 0.6 is 0 Å². The van der Waals surface area contributed by atoms with Gasteiger partial charge in [0, 0.05) is 14.6 Å². The molecule has 4 nitrogen and oxygen atoms in total. The van der Waals surface area contributed by atoms with Gasteiger partial charge in [0.15, 0.2) is 16.6 Å². The highest BCUT2D eigenvalue weighted by molar-refractivity contribution is 6.89. The summed E-state index contributed by atoms with van der Waals surface area (Å²) in [4.78, 5) is 0. The van der Waals surface area contributed by atoms with Gasteiger partial charge in [-0.1, -0.05) is 0 Å². The second-order valence-electron chi connectivity index (χ2n) is 8.28. The van der Waals surface area contributed by atoms with Gasteiger partial charge in [-0.3, -0.25) is 0 Å². The number of rotatable bonds is 11. The predicted octanol–water partition coefficient (Wildman–Crippen LogP) is 4.91. The molecule has 0 aromatic rings. The Kier molecular flexibility index (Phi) is 8.21. The van der Waals surface area contributed by atoms with E-state index in [4.69, 9.17) is 18.5 Å². The van der Waals surface area contributed by atoms with Gasteiger partial charge in [0.25, 0.3) is 0 Å². The maximum absolute atomic E-state index is 7.11. The Labute approximate surface area is 144 Å². The van der Waals surface area contributed by atoms with E-state index in [9.17, 15) is 0 Å². The Hall–Kier alpha value is 0.708. The fourth-order valence-electron chi connectivity index (χ4n) is 2.65. The van der Waals surface area contributed by atoms with Gasteiger partial charge in [0.05, 0.1) is 0 Å². The third-order valence-corrected chi connectivity index (χ3v) is 16.1. The lowest BCUT2D eigenvalue weighted by atomic mass is 10.5. The second-order valence-corrected chi connectivity index (χ2v) is 24.7. The van der Waals surface area contributed by atoms with Crippen molar-refractivity contribution in [2.75, 3.05) is 13.2 Å². The van der Waals surface area contributed by atoms with Crippen LogP contribution in [0.25, 0.3) is 0 Å². The third kappa shape index (κ3) is 12.2. The van der Waals surface area contributed by atoms with Crippen molar-refractivity contribution in [3.05, 3.63) is 0 Å². The van der Waals surface area contributed by atoms with Crippen LogP contribution in [0.4, 0.5) is 0 Å². The van der Waals surface area contributed by atoms with E-state index in [1.54, 1.807) is 0 Å². The largest absolute Gasteiger partial charge is 0.437 e. The first-order valence-electron chi connectivity index (χ1n) is 8.86. The molecule has 0 fully saturated rings. The van der Waals surface area contributed by atoms with Crippen molar-refractivity contribution in [3.8, 4) is 0 Å². The topological polar surface area (TPSA) is 36.9 Å². The summed E-state index contributed by atoms with van der Waals surface area (Å²) >= 11 is 0. The average molecular weight is 385 g/mol. The van der Waals surface area contributed by atoms with Crippen LogP contribution < -0.4 is 0 Å². The Bertz CT molecular complexity index is 345. The number of ether oxygens (including phenoxy) is 1. The lowest BCUT2D eigenvalue weighted by Crippen LogP contribution is -2.56. The maximum Gasteiger partial charge on any atom is 0.315 e. The highest BCUT2D eigenvalue weighted by atomic mass is 28.5. The summed E-state index contributed by atoms with van der Waals surface area (Å²) in [6.07, 6.45) is 0.921. The summed E-state index contributed by atoms with van der Waals surface area (Å²) in [6.45, 7) is 21.2. The van der Waals surface area contributed by atoms with Crippen LogP contribution in [0.5, 0.6) is 0 Å². The molecule has 0 saturated heterocycles. The van der Waals surface area contributed by atoms with E-state index in [2.05, 4.69) is 58.9 Å². The molecule has 1 atom stereocenters. The van der Waals surface area contributed by atoms with Crippen LogP contribution in [-0.4, -0.2) is 47.0 Å². The quantitative estimate of drug-likeness (QED) is 0.375. The Morgan fingerprint density at radius 3 is 1.77 bits per heavy atom. The average Bonchev–Trinajstić information content (AvgIpc) is 2.20. The standard InChI is InChI=1S/C14H38O4Si4/c1-11-15-13-12-14-22(10,17-20(5,6)7)18-21(8,9)16-19(2,3)4/h11-14H2,1-10H3/i1T. The summed E-state index contributed by atoms with van der Waals surface area (Å²) in [5, 5.41) is 0. The molecule has 0 aliphatic carbocycles. The fourth-order valence-corrected chi connectivity index (χ4v) is 20.6. The molecular weight excluding hydrogens is 344 g/mol. The summed E-state index contributed by atoms with van der Waals surface area (Å²) in [7, 11) is -7.80. The SMILES string of the molecule is [3H]CCOCCC[Si](C)(O[Si](C)(C)C)O[Si](C)(C)O[Si](C)(C)C. The lowest BCUT2D eigenvalue weighted by molar-refractivity contribution is 0.146. The van der Waals surface area contributed by atoms with Crippen LogP contribution in [0.15, 0.2) is 0 Å². The fraction of sp³-hybridized carbons (Fsp3) is 1.00. The molecule has 134 valence electrons. The summed E-state index contributed by atoms with van der Waals surface area (Å²) < 4.78 is 32.0. The molecule has 0 aliphatic rings. The zero-order valence-corrected chi connectivity index (χ0v) is 20.2. The van der Waals surface area contributed by atoms with Crippen LogP contribution in [0.3, 0.4) is 0 Å². The van der Waals surface area contributed by atoms with Gasteiger partial charge in [-0.25, -0.2) is 0 Å². The Balaban J connectivity index is 4.84. The molecule has 0 aromatic carbocycles. The van der Waals surface area contributed by atoms with Gasteiger partial charge in [0.1, 0.15) is 0 Å². The number of hydrogen-bond donors (Lipinski definition) is 0. The molecule has 0 rings (SSSR count). The lowest BCUT2D eigenvalue weighted by Gasteiger charge is -2.41. The minimum Gasteiger partial charge on any atom is -0.437 e. The van der Waals surface area contributed by atoms with Crippen molar-refractivity contribution >= 4 is 33.8 Å². The minimum atomic E-state index is -2.29. The molecular formula is C14H38O4Si4. The number of hydrogen-bond acceptors (Lipinski definition) is 4. The molecule has 0 amide bonds. The molecule has 8 heteroatoms. The highest BCUT2D eigenvalue weighted by Crippen LogP contribution is 2.27. The van der Waals surface area contributed by atoms with E-state index in [0.717, 1.165) is 12.5 Å². The van der Waals surface area contributed by atoms with Gasteiger partial charge in [-0.05, 0) is 78.3 Å². The van der Waals surface area contributed by atoms with Crippen LogP contribution in [0, 0.1) is 0 Å². The van der Waals surface area contributed by atoms with E-state index >= 15 is 0 Å². The van der Waals surface area contributed by atoms with Crippen molar-refractivity contribution in [2.45, 2.75) is 78.3 Å². The molecule has 0 saturated carbocycles. The van der Waals surface area contributed by atoms with Crippen molar-refractivity contribution < 1.29 is 18.5 Å². The van der Waals surface area contributed by atoms with Gasteiger partial charge in [-0.2, -0.15) is 0 Å². The van der Waals surface area contributed by atoms with Crippen molar-refractivity contribution in [1.29, 1.82) is 0 Å². The summed E-state index contributed by atoms with van der Waals surface area (Å²) in [5.74, 6) is 0. The molecule has 0 bridgehead atoms. The highest BCUT2D eigenvalue weighted by Gasteiger charge is 2.44. The molecule has 22 heavy (non-hydrogen) atoms. The monoisotopic (exact) mass is 384 g/mol. The Morgan fingerprint density at radius 1 is 0.773 bits per heavy atom. The van der Waals surface area contributed by atoms with Crippen LogP contribution in [0.1, 0.15) is 14.7 Å². The van der Waals surface area contributed by atoms with Crippen molar-refractivity contribution in [3.63, 3.8) is 0 Å². The predicted molar refractivity (Wildman–Crippen MR) is 105 cm³/mol. The van der Waals surface area contributed by atoms with Gasteiger partial charge in [-0.15, -0.1) is 0 Å². The maximum atomic E-state index is 7.11. The first kappa shape index (κ1) is 20.8. The van der Waals surface area contributed by atoms with Gasteiger partial charge < -0.3 is 17.1 Å². The smallest absolute Gasteiger partial charge is 0.315 e. The molecule has 0 spiro atoms. The minimum absolute atomic E-state index is 0.320. The molecule has 1 unspecified atom stereocenters. The first-order chi connectivity index (χ1) is 10.2. The van der Waals surface area contributed by atoms with E-state index < -0.39 is 33.8 Å². The normalized spacial score (nSPS) is 17.2. The summed E-state index contributed by atoms with van der Waals surface area (Å²) in [5.41, 5.74) is 0. The zero-order valence-electron chi connectivity index (χ0n) is 17.2. The molecule has 0 N–H and O–H groups in total. The second kappa shape index (κ2) is 8.70. The van der Waals surface area contributed by atoms with Crippen LogP contribution in [0.2, 0.25) is 65.0 Å². The molecule has 0 radical (unpaired) electrons. The van der Waals surface area contributed by atoms with Gasteiger partial charge >= 0.3 is 17.1 Å². The Morgan fingerprint density at radius 2 is 1.32 bits per heavy atom. The van der Waals surface area contributed by atoms with E-state index in [1.165, 1.54) is 0 Å². The zero-order chi connectivity index (χ0) is 18.4.